The van der Waals surface area contributed by atoms with Crippen LogP contribution in [0.25, 0.3) is 11.0 Å². The number of nitro groups is 2. The lowest BCUT2D eigenvalue weighted by atomic mass is 10.1. The van der Waals surface area contributed by atoms with Crippen LogP contribution in [-0.2, 0) is 0 Å². The van der Waals surface area contributed by atoms with Crippen LogP contribution in [0.1, 0.15) is 5.56 Å². The summed E-state index contributed by atoms with van der Waals surface area (Å²) in [6, 6.07) is 9.36. The Morgan fingerprint density at radius 3 is 2.41 bits per heavy atom. The molecule has 32 heavy (non-hydrogen) atoms. The Morgan fingerprint density at radius 2 is 1.75 bits per heavy atom. The van der Waals surface area contributed by atoms with E-state index < -0.39 is 9.85 Å². The molecule has 162 valence electrons. The van der Waals surface area contributed by atoms with Crippen LogP contribution in [0.3, 0.4) is 0 Å². The van der Waals surface area contributed by atoms with Crippen LogP contribution in [0.15, 0.2) is 47.2 Å². The molecular weight excluding hydrogens is 422 g/mol. The van der Waals surface area contributed by atoms with Crippen LogP contribution in [0.2, 0.25) is 0 Å². The number of aromatic nitrogens is 3. The molecule has 13 nitrogen and oxygen atoms in total. The minimum atomic E-state index is -0.595. The van der Waals surface area contributed by atoms with Gasteiger partial charge in [0, 0.05) is 24.0 Å². The molecular formula is C19H15N7O6. The number of aryl methyl sites for hydroxylation is 1. The van der Waals surface area contributed by atoms with Gasteiger partial charge in [0.1, 0.15) is 11.5 Å². The molecule has 2 N–H and O–H groups in total. The highest BCUT2D eigenvalue weighted by Crippen LogP contribution is 2.40. The van der Waals surface area contributed by atoms with Gasteiger partial charge in [0.15, 0.2) is 11.3 Å². The first kappa shape index (κ1) is 20.5. The fourth-order valence-corrected chi connectivity index (χ4v) is 3.14. The van der Waals surface area contributed by atoms with Gasteiger partial charge in [0.05, 0.1) is 22.6 Å². The van der Waals surface area contributed by atoms with Crippen molar-refractivity contribution in [1.82, 2.24) is 15.3 Å². The predicted molar refractivity (Wildman–Crippen MR) is 114 cm³/mol. The molecule has 0 aliphatic heterocycles. The Hall–Kier alpha value is -4.81. The monoisotopic (exact) mass is 437 g/mol. The molecule has 4 rings (SSSR count). The smallest absolute Gasteiger partial charge is 0.324 e. The highest BCUT2D eigenvalue weighted by molar-refractivity contribution is 6.01. The second kappa shape index (κ2) is 8.14. The number of nitrogens with one attached hydrogen (secondary N) is 2. The molecule has 0 aliphatic carbocycles. The number of fused-ring (bicyclic) bond motifs is 1. The van der Waals surface area contributed by atoms with Gasteiger partial charge < -0.3 is 15.4 Å². The predicted octanol–water partition coefficient (Wildman–Crippen LogP) is 4.24. The number of pyridine rings is 1. The fourth-order valence-electron chi connectivity index (χ4n) is 3.14. The van der Waals surface area contributed by atoms with E-state index in [0.717, 1.165) is 0 Å². The first-order valence-corrected chi connectivity index (χ1v) is 9.10. The third-order valence-electron chi connectivity index (χ3n) is 4.61. The van der Waals surface area contributed by atoms with E-state index in [9.17, 15) is 20.2 Å². The van der Waals surface area contributed by atoms with Gasteiger partial charge in [-0.25, -0.2) is 9.61 Å². The average molecular weight is 437 g/mol. The Kier molecular flexibility index (Phi) is 5.20. The standard InChI is InChI=1S/C19H15N7O6/c1-10-7-14(25(27)28)15(31-2)9-11(10)21-12-8-13(22-16-5-3-4-6-20-16)19(26(29)30)18-17(12)23-32-24-18/h3-9,21H,1-2H3,(H,20,22). The summed E-state index contributed by atoms with van der Waals surface area (Å²) in [5.41, 5.74) is 0.940. The second-order valence-electron chi connectivity index (χ2n) is 6.60. The lowest BCUT2D eigenvalue weighted by molar-refractivity contribution is -0.385. The molecule has 0 amide bonds. The van der Waals surface area contributed by atoms with E-state index >= 15 is 0 Å². The normalized spacial score (nSPS) is 10.7. The topological polar surface area (TPSA) is 171 Å². The summed E-state index contributed by atoms with van der Waals surface area (Å²) < 4.78 is 9.89. The molecule has 0 spiro atoms. The maximum atomic E-state index is 11.8. The van der Waals surface area contributed by atoms with Crippen LogP contribution in [0, 0.1) is 27.2 Å². The van der Waals surface area contributed by atoms with Crippen molar-refractivity contribution in [3.05, 3.63) is 68.4 Å². The van der Waals surface area contributed by atoms with Crippen LogP contribution in [0.4, 0.5) is 34.3 Å². The number of anilines is 4. The SMILES string of the molecule is COc1cc(Nc2cc(Nc3ccccn3)c([N+](=O)[O-])c3nonc23)c(C)cc1[N+](=O)[O-]. The minimum Gasteiger partial charge on any atom is -0.490 e. The lowest BCUT2D eigenvalue weighted by Gasteiger charge is -2.13. The molecule has 4 aromatic rings. The zero-order valence-corrected chi connectivity index (χ0v) is 16.7. The molecule has 2 heterocycles. The van der Waals surface area contributed by atoms with Crippen molar-refractivity contribution in [1.29, 1.82) is 0 Å². The van der Waals surface area contributed by atoms with E-state index in [0.29, 0.717) is 22.8 Å². The van der Waals surface area contributed by atoms with Gasteiger partial charge in [-0.1, -0.05) is 6.07 Å². The molecule has 0 bridgehead atoms. The molecule has 0 fully saturated rings. The van der Waals surface area contributed by atoms with E-state index in [2.05, 4.69) is 25.9 Å². The van der Waals surface area contributed by atoms with Gasteiger partial charge in [-0.05, 0) is 41.0 Å². The highest BCUT2D eigenvalue weighted by Gasteiger charge is 2.27. The number of methoxy groups -OCH3 is 1. The van der Waals surface area contributed by atoms with Gasteiger partial charge >= 0.3 is 11.4 Å². The zero-order chi connectivity index (χ0) is 22.8. The molecule has 0 atom stereocenters. The van der Waals surface area contributed by atoms with E-state index in [-0.39, 0.29) is 33.8 Å². The number of rotatable bonds is 7. The summed E-state index contributed by atoms with van der Waals surface area (Å²) in [5, 5.41) is 36.5. The minimum absolute atomic E-state index is 0.0476. The lowest BCUT2D eigenvalue weighted by Crippen LogP contribution is -2.03. The molecule has 0 saturated carbocycles. The van der Waals surface area contributed by atoms with E-state index in [1.54, 1.807) is 25.1 Å². The molecule has 0 saturated heterocycles. The summed E-state index contributed by atoms with van der Waals surface area (Å²) in [4.78, 5) is 26.0. The van der Waals surface area contributed by atoms with E-state index in [1.807, 2.05) is 0 Å². The van der Waals surface area contributed by atoms with Crippen LogP contribution in [0.5, 0.6) is 5.75 Å². The Labute approximate surface area is 179 Å². The number of ether oxygens (including phenoxy) is 1. The Morgan fingerprint density at radius 1 is 0.969 bits per heavy atom. The first-order chi connectivity index (χ1) is 15.4. The zero-order valence-electron chi connectivity index (χ0n) is 16.7. The number of hydrogen-bond acceptors (Lipinski definition) is 11. The summed E-state index contributed by atoms with van der Waals surface area (Å²) in [7, 11) is 1.32. The molecule has 0 radical (unpaired) electrons. The summed E-state index contributed by atoms with van der Waals surface area (Å²) >= 11 is 0. The van der Waals surface area contributed by atoms with Crippen molar-refractivity contribution in [2.24, 2.45) is 0 Å². The highest BCUT2D eigenvalue weighted by atomic mass is 16.6. The second-order valence-corrected chi connectivity index (χ2v) is 6.60. The van der Waals surface area contributed by atoms with Gasteiger partial charge in [0.2, 0.25) is 5.52 Å². The van der Waals surface area contributed by atoms with E-state index in [1.165, 1.54) is 31.5 Å². The van der Waals surface area contributed by atoms with Crippen molar-refractivity contribution in [3.63, 3.8) is 0 Å². The Balaban J connectivity index is 1.85. The summed E-state index contributed by atoms with van der Waals surface area (Å²) in [6.45, 7) is 1.67. The molecule has 0 unspecified atom stereocenters. The molecule has 13 heteroatoms. The van der Waals surface area contributed by atoms with Crippen LogP contribution < -0.4 is 15.4 Å². The van der Waals surface area contributed by atoms with Crippen molar-refractivity contribution >= 4 is 45.3 Å². The molecule has 2 aromatic heterocycles. The van der Waals surface area contributed by atoms with E-state index in [4.69, 9.17) is 9.37 Å². The number of nitro benzene ring substituents is 2. The molecule has 0 aliphatic rings. The van der Waals surface area contributed by atoms with Crippen LogP contribution in [-0.4, -0.2) is 32.3 Å². The number of hydrogen-bond donors (Lipinski definition) is 2. The van der Waals surface area contributed by atoms with Gasteiger partial charge in [-0.15, -0.1) is 0 Å². The van der Waals surface area contributed by atoms with Crippen molar-refractivity contribution in [2.75, 3.05) is 17.7 Å². The number of benzene rings is 2. The average Bonchev–Trinajstić information content (AvgIpc) is 3.25. The van der Waals surface area contributed by atoms with Gasteiger partial charge in [0.25, 0.3) is 0 Å². The fraction of sp³-hybridized carbons (Fsp3) is 0.105. The maximum absolute atomic E-state index is 11.8. The summed E-state index contributed by atoms with van der Waals surface area (Å²) in [6.07, 6.45) is 1.54. The Bertz CT molecular complexity index is 1340. The number of nitrogens with zero attached hydrogens (tertiary/aromatic N) is 5. The van der Waals surface area contributed by atoms with Gasteiger partial charge in [-0.2, -0.15) is 0 Å². The van der Waals surface area contributed by atoms with Crippen molar-refractivity contribution < 1.29 is 19.2 Å². The molecule has 2 aromatic carbocycles. The third kappa shape index (κ3) is 3.69. The largest absolute Gasteiger partial charge is 0.490 e. The van der Waals surface area contributed by atoms with Crippen molar-refractivity contribution in [2.45, 2.75) is 6.92 Å². The van der Waals surface area contributed by atoms with Gasteiger partial charge in [-0.3, -0.25) is 20.2 Å². The third-order valence-corrected chi connectivity index (χ3v) is 4.61. The quantitative estimate of drug-likeness (QED) is 0.313. The van der Waals surface area contributed by atoms with Crippen molar-refractivity contribution in [3.8, 4) is 5.75 Å². The maximum Gasteiger partial charge on any atom is 0.324 e. The first-order valence-electron chi connectivity index (χ1n) is 9.10. The van der Waals surface area contributed by atoms with Crippen LogP contribution >= 0.6 is 0 Å². The summed E-state index contributed by atoms with van der Waals surface area (Å²) in [5.74, 6) is 0.428.